The van der Waals surface area contributed by atoms with Gasteiger partial charge in [0.2, 0.25) is 0 Å². The molecule has 0 unspecified atom stereocenters. The Bertz CT molecular complexity index is 688. The fourth-order valence-electron chi connectivity index (χ4n) is 2.11. The van der Waals surface area contributed by atoms with Gasteiger partial charge in [0.05, 0.1) is 12.5 Å². The van der Waals surface area contributed by atoms with Crippen LogP contribution in [-0.2, 0) is 0 Å². The Hall–Kier alpha value is -2.67. The van der Waals surface area contributed by atoms with Gasteiger partial charge in [-0.05, 0) is 43.7 Å². The van der Waals surface area contributed by atoms with Crippen molar-refractivity contribution >= 4 is 11.6 Å². The predicted molar refractivity (Wildman–Crippen MR) is 82.1 cm³/mol. The Balaban J connectivity index is 2.36. The Labute approximate surface area is 124 Å². The van der Waals surface area contributed by atoms with E-state index in [0.29, 0.717) is 12.2 Å². The second-order valence-corrected chi connectivity index (χ2v) is 4.87. The Morgan fingerprint density at radius 1 is 1.24 bits per heavy atom. The van der Waals surface area contributed by atoms with Crippen molar-refractivity contribution < 1.29 is 4.79 Å². The van der Waals surface area contributed by atoms with Gasteiger partial charge in [0.15, 0.2) is 0 Å². The molecule has 0 saturated heterocycles. The third-order valence-corrected chi connectivity index (χ3v) is 3.11. The molecule has 21 heavy (non-hydrogen) atoms. The van der Waals surface area contributed by atoms with E-state index in [1.165, 1.54) is 0 Å². The van der Waals surface area contributed by atoms with Crippen LogP contribution >= 0.6 is 0 Å². The Morgan fingerprint density at radius 2 is 2.00 bits per heavy atom. The maximum absolute atomic E-state index is 12.7. The molecule has 0 aliphatic rings. The van der Waals surface area contributed by atoms with Crippen LogP contribution in [0.4, 0.5) is 5.69 Å². The molecule has 0 spiro atoms. The van der Waals surface area contributed by atoms with Gasteiger partial charge in [-0.15, -0.1) is 0 Å². The van der Waals surface area contributed by atoms with E-state index in [1.54, 1.807) is 11.0 Å². The number of hydrogen-bond donors (Lipinski definition) is 0. The third-order valence-electron chi connectivity index (χ3n) is 3.11. The maximum Gasteiger partial charge on any atom is 0.276 e. The van der Waals surface area contributed by atoms with E-state index in [2.05, 4.69) is 11.1 Å². The van der Waals surface area contributed by atoms with Gasteiger partial charge in [0.25, 0.3) is 5.91 Å². The fourth-order valence-corrected chi connectivity index (χ4v) is 2.11. The summed E-state index contributed by atoms with van der Waals surface area (Å²) >= 11 is 0. The van der Waals surface area contributed by atoms with Crippen LogP contribution in [0.1, 0.15) is 28.2 Å². The zero-order chi connectivity index (χ0) is 15.2. The first-order chi connectivity index (χ1) is 10.1. The van der Waals surface area contributed by atoms with Crippen molar-refractivity contribution in [2.45, 2.75) is 20.3 Å². The number of benzene rings is 1. The van der Waals surface area contributed by atoms with E-state index in [4.69, 9.17) is 5.26 Å². The number of hydrogen-bond acceptors (Lipinski definition) is 3. The van der Waals surface area contributed by atoms with Crippen LogP contribution in [0.25, 0.3) is 0 Å². The summed E-state index contributed by atoms with van der Waals surface area (Å²) in [4.78, 5) is 18.6. The van der Waals surface area contributed by atoms with Gasteiger partial charge in [-0.25, -0.2) is 4.98 Å². The number of aryl methyl sites for hydroxylation is 2. The lowest BCUT2D eigenvalue weighted by molar-refractivity contribution is 0.0982. The lowest BCUT2D eigenvalue weighted by Crippen LogP contribution is -2.32. The van der Waals surface area contributed by atoms with Crippen LogP contribution in [-0.4, -0.2) is 17.4 Å². The quantitative estimate of drug-likeness (QED) is 0.863. The van der Waals surface area contributed by atoms with Crippen molar-refractivity contribution in [2.24, 2.45) is 0 Å². The van der Waals surface area contributed by atoms with Crippen molar-refractivity contribution in [3.05, 3.63) is 59.4 Å². The highest BCUT2D eigenvalue weighted by atomic mass is 16.2. The average Bonchev–Trinajstić information content (AvgIpc) is 2.47. The van der Waals surface area contributed by atoms with Crippen LogP contribution in [0.2, 0.25) is 0 Å². The minimum atomic E-state index is -0.181. The zero-order valence-corrected chi connectivity index (χ0v) is 12.2. The van der Waals surface area contributed by atoms with Crippen LogP contribution in [0.5, 0.6) is 0 Å². The summed E-state index contributed by atoms with van der Waals surface area (Å²) in [5, 5.41) is 8.81. The number of pyridine rings is 1. The number of aromatic nitrogens is 1. The molecule has 0 N–H and O–H groups in total. The van der Waals surface area contributed by atoms with Gasteiger partial charge in [-0.1, -0.05) is 18.2 Å². The minimum Gasteiger partial charge on any atom is -0.306 e. The molecule has 0 saturated carbocycles. The molecule has 4 heteroatoms. The summed E-state index contributed by atoms with van der Waals surface area (Å²) in [6, 6.07) is 15.1. The molecule has 0 atom stereocenters. The highest BCUT2D eigenvalue weighted by Crippen LogP contribution is 2.18. The highest BCUT2D eigenvalue weighted by Gasteiger charge is 2.18. The second kappa shape index (κ2) is 6.67. The third kappa shape index (κ3) is 3.67. The summed E-state index contributed by atoms with van der Waals surface area (Å²) < 4.78 is 0. The number of nitriles is 1. The SMILES string of the molecule is Cc1cccc(N(CCC#N)C(=O)c2cccc(C)n2)c1. The lowest BCUT2D eigenvalue weighted by atomic mass is 10.2. The Kier molecular flexibility index (Phi) is 4.68. The van der Waals surface area contributed by atoms with E-state index in [0.717, 1.165) is 16.9 Å². The summed E-state index contributed by atoms with van der Waals surface area (Å²) in [5.74, 6) is -0.181. The molecular formula is C17H17N3O. The van der Waals surface area contributed by atoms with Gasteiger partial charge < -0.3 is 4.90 Å². The molecule has 0 aliphatic heterocycles. The second-order valence-electron chi connectivity index (χ2n) is 4.87. The molecule has 4 nitrogen and oxygen atoms in total. The summed E-state index contributed by atoms with van der Waals surface area (Å²) in [5.41, 5.74) is 3.05. The first kappa shape index (κ1) is 14.7. The molecule has 0 radical (unpaired) electrons. The predicted octanol–water partition coefficient (Wildman–Crippen LogP) is 3.26. The van der Waals surface area contributed by atoms with Crippen molar-refractivity contribution in [1.82, 2.24) is 4.98 Å². The fraction of sp³-hybridized carbons (Fsp3) is 0.235. The van der Waals surface area contributed by atoms with Crippen LogP contribution in [0.15, 0.2) is 42.5 Å². The number of carbonyl (C=O) groups excluding carboxylic acids is 1. The molecule has 1 aromatic carbocycles. The lowest BCUT2D eigenvalue weighted by Gasteiger charge is -2.22. The molecule has 2 aromatic rings. The summed E-state index contributed by atoms with van der Waals surface area (Å²) in [6.45, 7) is 4.18. The Morgan fingerprint density at radius 3 is 2.67 bits per heavy atom. The smallest absolute Gasteiger partial charge is 0.276 e. The van der Waals surface area contributed by atoms with E-state index in [9.17, 15) is 4.79 Å². The van der Waals surface area contributed by atoms with Gasteiger partial charge in [-0.3, -0.25) is 4.79 Å². The van der Waals surface area contributed by atoms with Crippen LogP contribution in [0, 0.1) is 25.2 Å². The number of carbonyl (C=O) groups is 1. The van der Waals surface area contributed by atoms with Crippen LogP contribution < -0.4 is 4.90 Å². The van der Waals surface area contributed by atoms with Gasteiger partial charge >= 0.3 is 0 Å². The number of nitrogens with zero attached hydrogens (tertiary/aromatic N) is 3. The molecule has 1 aromatic heterocycles. The molecule has 1 heterocycles. The monoisotopic (exact) mass is 279 g/mol. The van der Waals surface area contributed by atoms with E-state index >= 15 is 0 Å². The molecule has 2 rings (SSSR count). The number of anilines is 1. The van der Waals surface area contributed by atoms with Gasteiger partial charge in [-0.2, -0.15) is 5.26 Å². The summed E-state index contributed by atoms with van der Waals surface area (Å²) in [6.07, 6.45) is 0.283. The molecule has 1 amide bonds. The average molecular weight is 279 g/mol. The maximum atomic E-state index is 12.7. The molecule has 0 aliphatic carbocycles. The normalized spacial score (nSPS) is 9.95. The van der Waals surface area contributed by atoms with Crippen LogP contribution in [0.3, 0.4) is 0 Å². The van der Waals surface area contributed by atoms with E-state index in [-0.39, 0.29) is 12.3 Å². The topological polar surface area (TPSA) is 57.0 Å². The standard InChI is InChI=1S/C17H17N3O/c1-13-6-3-8-15(12-13)20(11-5-10-18)17(21)16-9-4-7-14(2)19-16/h3-4,6-9,12H,5,11H2,1-2H3. The van der Waals surface area contributed by atoms with Crippen molar-refractivity contribution in [1.29, 1.82) is 5.26 Å². The van der Waals surface area contributed by atoms with E-state index in [1.807, 2.05) is 50.2 Å². The molecule has 106 valence electrons. The number of amides is 1. The number of rotatable bonds is 4. The van der Waals surface area contributed by atoms with Gasteiger partial charge in [0, 0.05) is 17.9 Å². The summed E-state index contributed by atoms with van der Waals surface area (Å²) in [7, 11) is 0. The minimum absolute atomic E-state index is 0.181. The largest absolute Gasteiger partial charge is 0.306 e. The van der Waals surface area contributed by atoms with Gasteiger partial charge in [0.1, 0.15) is 5.69 Å². The zero-order valence-electron chi connectivity index (χ0n) is 12.2. The molecule has 0 bridgehead atoms. The molecule has 0 fully saturated rings. The first-order valence-corrected chi connectivity index (χ1v) is 6.81. The van der Waals surface area contributed by atoms with Crippen molar-refractivity contribution in [3.8, 4) is 6.07 Å². The van der Waals surface area contributed by atoms with Crippen molar-refractivity contribution in [2.75, 3.05) is 11.4 Å². The van der Waals surface area contributed by atoms with E-state index < -0.39 is 0 Å². The first-order valence-electron chi connectivity index (χ1n) is 6.81. The van der Waals surface area contributed by atoms with Crippen molar-refractivity contribution in [3.63, 3.8) is 0 Å². The highest BCUT2D eigenvalue weighted by molar-refractivity contribution is 6.04. The molecular weight excluding hydrogens is 262 g/mol.